The number of aromatic nitrogens is 1. The minimum Gasteiger partial charge on any atom is -0.245 e. The Bertz CT molecular complexity index is 172. The molecule has 0 radical (unpaired) electrons. The molecule has 0 saturated heterocycles. The molecule has 0 aliphatic heterocycles. The summed E-state index contributed by atoms with van der Waals surface area (Å²) in [6.45, 7) is 0. The molecule has 4 heteroatoms. The molecule has 1 aromatic rings. The summed E-state index contributed by atoms with van der Waals surface area (Å²) in [7, 11) is 0. The predicted octanol–water partition coefficient (Wildman–Crippen LogP) is 1.77. The smallest absolute Gasteiger partial charge is 0.129 e. The number of hydrogen-bond acceptors (Lipinski definition) is 3. The Balaban J connectivity index is 0.000000291. The highest BCUT2D eigenvalue weighted by Crippen LogP contribution is 1.98. The largest absolute Gasteiger partial charge is 0.245 e. The fraction of sp³-hybridized carbons (Fsp3) is 0. The van der Waals surface area contributed by atoms with Crippen molar-refractivity contribution in [3.05, 3.63) is 29.5 Å². The van der Waals surface area contributed by atoms with Crippen LogP contribution < -0.4 is 0 Å². The summed E-state index contributed by atoms with van der Waals surface area (Å²) in [5.41, 5.74) is 0. The Kier molecular flexibility index (Phi) is 4.37. The second-order valence-corrected chi connectivity index (χ2v) is 1.54. The highest BCUT2D eigenvalue weighted by molar-refractivity contribution is 6.29. The Morgan fingerprint density at radius 1 is 1.33 bits per heavy atom. The van der Waals surface area contributed by atoms with Crippen LogP contribution in [-0.2, 0) is 0 Å². The third-order valence-corrected chi connectivity index (χ3v) is 0.852. The molecule has 0 saturated carbocycles. The minimum atomic E-state index is 0.544. The lowest BCUT2D eigenvalue weighted by molar-refractivity contribution is 1.15. The third kappa shape index (κ3) is 3.44. The standard InChI is InChI=1S/C5H4ClN.N2/c6-5-3-1-2-4-7-5;1-2/h1-4H;. The molecule has 0 spiro atoms. The number of rotatable bonds is 0. The van der Waals surface area contributed by atoms with Crippen molar-refractivity contribution in [2.45, 2.75) is 0 Å². The van der Waals surface area contributed by atoms with E-state index in [1.807, 2.05) is 12.1 Å². The van der Waals surface area contributed by atoms with E-state index in [4.69, 9.17) is 22.4 Å². The van der Waals surface area contributed by atoms with Crippen LogP contribution in [-0.4, -0.2) is 4.98 Å². The van der Waals surface area contributed by atoms with Crippen LogP contribution in [0.1, 0.15) is 0 Å². The van der Waals surface area contributed by atoms with Gasteiger partial charge in [0.25, 0.3) is 0 Å². The zero-order valence-corrected chi connectivity index (χ0v) is 5.28. The zero-order valence-electron chi connectivity index (χ0n) is 4.53. The van der Waals surface area contributed by atoms with Crippen LogP contribution in [0.25, 0.3) is 0 Å². The summed E-state index contributed by atoms with van der Waals surface area (Å²) in [5, 5.41) is 12.5. The van der Waals surface area contributed by atoms with Gasteiger partial charge in [-0.25, -0.2) is 4.98 Å². The van der Waals surface area contributed by atoms with E-state index in [1.165, 1.54) is 0 Å². The predicted molar refractivity (Wildman–Crippen MR) is 32.7 cm³/mol. The second kappa shape index (κ2) is 5.01. The molecule has 0 aliphatic rings. The fourth-order valence-corrected chi connectivity index (χ4v) is 0.471. The van der Waals surface area contributed by atoms with E-state index in [2.05, 4.69) is 4.98 Å². The first-order chi connectivity index (χ1) is 4.39. The van der Waals surface area contributed by atoms with Gasteiger partial charge in [0.15, 0.2) is 0 Å². The van der Waals surface area contributed by atoms with Gasteiger partial charge in [0, 0.05) is 17.0 Å². The molecule has 0 N–H and O–H groups in total. The van der Waals surface area contributed by atoms with Crippen molar-refractivity contribution in [1.29, 1.82) is 10.8 Å². The average molecular weight is 142 g/mol. The highest BCUT2D eigenvalue weighted by atomic mass is 35.5. The number of pyridine rings is 1. The first-order valence-electron chi connectivity index (χ1n) is 2.16. The molecule has 9 heavy (non-hydrogen) atoms. The summed E-state index contributed by atoms with van der Waals surface area (Å²) in [6, 6.07) is 5.41. The summed E-state index contributed by atoms with van der Waals surface area (Å²) in [5.74, 6) is 0. The van der Waals surface area contributed by atoms with Crippen LogP contribution in [0.15, 0.2) is 24.4 Å². The summed E-state index contributed by atoms with van der Waals surface area (Å²) >= 11 is 5.43. The van der Waals surface area contributed by atoms with Gasteiger partial charge in [-0.05, 0) is 12.1 Å². The van der Waals surface area contributed by atoms with Crippen LogP contribution in [0.3, 0.4) is 0 Å². The Morgan fingerprint density at radius 3 is 2.22 bits per heavy atom. The lowest BCUT2D eigenvalue weighted by Crippen LogP contribution is -1.65. The van der Waals surface area contributed by atoms with Gasteiger partial charge in [-0.3, -0.25) is 0 Å². The molecular formula is C5H4ClN3. The second-order valence-electron chi connectivity index (χ2n) is 1.15. The molecule has 0 amide bonds. The maximum atomic E-state index is 6.00. The first-order valence-corrected chi connectivity index (χ1v) is 2.54. The molecule has 1 aromatic heterocycles. The average Bonchev–Trinajstić information content (AvgIpc) is 1.94. The maximum Gasteiger partial charge on any atom is 0.129 e. The van der Waals surface area contributed by atoms with Crippen molar-refractivity contribution in [2.24, 2.45) is 0 Å². The van der Waals surface area contributed by atoms with E-state index in [-0.39, 0.29) is 0 Å². The van der Waals surface area contributed by atoms with Crippen LogP contribution in [0.2, 0.25) is 5.15 Å². The van der Waals surface area contributed by atoms with Crippen molar-refractivity contribution in [3.8, 4) is 0 Å². The van der Waals surface area contributed by atoms with Crippen molar-refractivity contribution < 1.29 is 0 Å². The maximum absolute atomic E-state index is 6.00. The van der Waals surface area contributed by atoms with Gasteiger partial charge in [0.2, 0.25) is 0 Å². The van der Waals surface area contributed by atoms with E-state index in [0.29, 0.717) is 5.15 Å². The number of halogens is 1. The molecule has 0 atom stereocenters. The minimum absolute atomic E-state index is 0.544. The lowest BCUT2D eigenvalue weighted by atomic mass is 10.5. The molecule has 0 aromatic carbocycles. The van der Waals surface area contributed by atoms with Gasteiger partial charge in [0.05, 0.1) is 0 Å². The Morgan fingerprint density at radius 2 is 2.00 bits per heavy atom. The van der Waals surface area contributed by atoms with Crippen molar-refractivity contribution >= 4 is 11.6 Å². The molecule has 0 bridgehead atoms. The van der Waals surface area contributed by atoms with Crippen molar-refractivity contribution in [1.82, 2.24) is 4.98 Å². The normalized spacial score (nSPS) is 7.00. The van der Waals surface area contributed by atoms with E-state index >= 15 is 0 Å². The fourth-order valence-electron chi connectivity index (χ4n) is 0.342. The van der Waals surface area contributed by atoms with E-state index in [1.54, 1.807) is 12.3 Å². The van der Waals surface area contributed by atoms with E-state index < -0.39 is 0 Å². The van der Waals surface area contributed by atoms with Gasteiger partial charge in [-0.2, -0.15) is 0 Å². The quantitative estimate of drug-likeness (QED) is 0.409. The third-order valence-electron chi connectivity index (χ3n) is 0.629. The van der Waals surface area contributed by atoms with Crippen LogP contribution in [0, 0.1) is 10.8 Å². The monoisotopic (exact) mass is 141 g/mol. The molecule has 1 heterocycles. The topological polar surface area (TPSA) is 60.5 Å². The van der Waals surface area contributed by atoms with E-state index in [9.17, 15) is 0 Å². The van der Waals surface area contributed by atoms with Crippen molar-refractivity contribution in [3.63, 3.8) is 0 Å². The Hall–Kier alpha value is -1.14. The molecule has 46 valence electrons. The molecular weight excluding hydrogens is 138 g/mol. The number of nitrogens with zero attached hydrogens (tertiary/aromatic N) is 3. The van der Waals surface area contributed by atoms with Crippen LogP contribution in [0.5, 0.6) is 0 Å². The summed E-state index contributed by atoms with van der Waals surface area (Å²) in [4.78, 5) is 3.74. The van der Waals surface area contributed by atoms with Gasteiger partial charge in [-0.15, -0.1) is 0 Å². The molecule has 1 rings (SSSR count). The highest BCUT2D eigenvalue weighted by Gasteiger charge is 1.76. The lowest BCUT2D eigenvalue weighted by Gasteiger charge is -1.79. The van der Waals surface area contributed by atoms with Crippen LogP contribution >= 0.6 is 11.6 Å². The Labute approximate surface area is 57.7 Å². The molecule has 0 aliphatic carbocycles. The van der Waals surface area contributed by atoms with Gasteiger partial charge in [-0.1, -0.05) is 17.7 Å². The molecule has 0 fully saturated rings. The zero-order chi connectivity index (χ0) is 7.11. The van der Waals surface area contributed by atoms with Gasteiger partial charge in [0.1, 0.15) is 5.15 Å². The van der Waals surface area contributed by atoms with Gasteiger partial charge < -0.3 is 0 Å². The number of hydrogen-bond donors (Lipinski definition) is 0. The molecule has 3 nitrogen and oxygen atoms in total. The summed E-state index contributed by atoms with van der Waals surface area (Å²) in [6.07, 6.45) is 1.66. The van der Waals surface area contributed by atoms with Crippen molar-refractivity contribution in [2.75, 3.05) is 0 Å². The molecule has 0 unspecified atom stereocenters. The van der Waals surface area contributed by atoms with Crippen LogP contribution in [0.4, 0.5) is 0 Å². The summed E-state index contributed by atoms with van der Waals surface area (Å²) < 4.78 is 0. The van der Waals surface area contributed by atoms with E-state index in [0.717, 1.165) is 0 Å². The SMILES string of the molecule is Clc1ccccn1.N#N. The first kappa shape index (κ1) is 7.86. The van der Waals surface area contributed by atoms with Gasteiger partial charge >= 0.3 is 0 Å².